The van der Waals surface area contributed by atoms with E-state index in [0.29, 0.717) is 41.9 Å². The normalized spacial score (nSPS) is 46.1. The molecule has 0 heterocycles. The predicted molar refractivity (Wildman–Crippen MR) is 126 cm³/mol. The third kappa shape index (κ3) is 4.74. The zero-order valence-corrected chi connectivity index (χ0v) is 21.2. The van der Waals surface area contributed by atoms with Crippen LogP contribution in [-0.2, 0) is 14.9 Å². The van der Waals surface area contributed by atoms with Gasteiger partial charge < -0.3 is 15.5 Å². The molecule has 0 aromatic heterocycles. The second-order valence-corrected chi connectivity index (χ2v) is 13.7. The summed E-state index contributed by atoms with van der Waals surface area (Å²) in [5.74, 6) is 1.51. The van der Waals surface area contributed by atoms with Crippen LogP contribution in [0.1, 0.15) is 85.0 Å². The fourth-order valence-corrected chi connectivity index (χ4v) is 9.34. The van der Waals surface area contributed by atoms with Crippen molar-refractivity contribution in [3.8, 4) is 0 Å². The highest BCUT2D eigenvalue weighted by molar-refractivity contribution is 7.85. The number of aliphatic hydroxyl groups excluding tert-OH is 2. The third-order valence-corrected chi connectivity index (χ3v) is 11.2. The number of carbonyl (C=O) groups is 1. The Morgan fingerprint density at radius 3 is 2.39 bits per heavy atom. The summed E-state index contributed by atoms with van der Waals surface area (Å²) in [5, 5.41) is 23.9. The molecule has 4 fully saturated rings. The highest BCUT2D eigenvalue weighted by Gasteiger charge is 2.62. The van der Waals surface area contributed by atoms with Crippen molar-refractivity contribution in [2.75, 3.05) is 5.88 Å². The van der Waals surface area contributed by atoms with Crippen molar-refractivity contribution >= 4 is 16.0 Å². The van der Waals surface area contributed by atoms with Crippen molar-refractivity contribution in [1.29, 1.82) is 0 Å². The minimum absolute atomic E-state index is 0.157. The van der Waals surface area contributed by atoms with Gasteiger partial charge in [0.1, 0.15) is 5.88 Å². The van der Waals surface area contributed by atoms with Crippen LogP contribution in [0.25, 0.3) is 0 Å². The van der Waals surface area contributed by atoms with Gasteiger partial charge in [-0.25, -0.2) is 0 Å². The lowest BCUT2D eigenvalue weighted by molar-refractivity contribution is -0.174. The van der Waals surface area contributed by atoms with Gasteiger partial charge in [-0.05, 0) is 104 Å². The lowest BCUT2D eigenvalue weighted by Gasteiger charge is -2.62. The van der Waals surface area contributed by atoms with E-state index in [1.807, 2.05) is 0 Å². The van der Waals surface area contributed by atoms with Crippen molar-refractivity contribution in [3.63, 3.8) is 0 Å². The van der Waals surface area contributed by atoms with Crippen molar-refractivity contribution in [2.24, 2.45) is 46.3 Å². The van der Waals surface area contributed by atoms with E-state index in [2.05, 4.69) is 26.1 Å². The number of rotatable bonds is 6. The van der Waals surface area contributed by atoms with E-state index in [1.54, 1.807) is 0 Å². The van der Waals surface area contributed by atoms with Crippen molar-refractivity contribution in [1.82, 2.24) is 5.32 Å². The van der Waals surface area contributed by atoms with Gasteiger partial charge in [-0.1, -0.05) is 20.8 Å². The van der Waals surface area contributed by atoms with Crippen LogP contribution in [-0.4, -0.2) is 47.2 Å². The molecule has 5 unspecified atom stereocenters. The smallest absolute Gasteiger partial charge is 0.283 e. The van der Waals surface area contributed by atoms with Gasteiger partial charge >= 0.3 is 0 Å². The van der Waals surface area contributed by atoms with Crippen LogP contribution in [0.15, 0.2) is 0 Å². The fourth-order valence-electron chi connectivity index (χ4n) is 9.00. The summed E-state index contributed by atoms with van der Waals surface area (Å²) in [5.41, 5.74) is 0.378. The molecule has 0 bridgehead atoms. The summed E-state index contributed by atoms with van der Waals surface area (Å²) in [6.45, 7) is 7.04. The van der Waals surface area contributed by atoms with Gasteiger partial charge in [-0.15, -0.1) is 0 Å². The topological polar surface area (TPSA) is 124 Å². The van der Waals surface area contributed by atoms with Gasteiger partial charge in [0.15, 0.2) is 0 Å². The second-order valence-electron chi connectivity index (χ2n) is 12.3. The maximum absolute atomic E-state index is 12.1. The molecule has 0 aromatic carbocycles. The predicted octanol–water partition coefficient (Wildman–Crippen LogP) is 3.35. The van der Waals surface area contributed by atoms with Crippen molar-refractivity contribution in [2.45, 2.75) is 97.2 Å². The number of hydrogen-bond acceptors (Lipinski definition) is 5. The molecule has 0 aliphatic heterocycles. The van der Waals surface area contributed by atoms with Crippen LogP contribution in [0.5, 0.6) is 0 Å². The summed E-state index contributed by atoms with van der Waals surface area (Å²) in [6, 6.07) is 0. The van der Waals surface area contributed by atoms with Gasteiger partial charge in [-0.3, -0.25) is 9.35 Å². The molecular weight excluding hydrogens is 442 g/mol. The Bertz CT molecular complexity index is 848. The molecule has 33 heavy (non-hydrogen) atoms. The van der Waals surface area contributed by atoms with E-state index in [9.17, 15) is 23.4 Å². The molecular formula is C25H43NO6S. The van der Waals surface area contributed by atoms with E-state index < -0.39 is 16.0 Å². The van der Waals surface area contributed by atoms with Gasteiger partial charge in [0.2, 0.25) is 5.91 Å². The quantitative estimate of drug-likeness (QED) is 0.428. The number of amides is 1. The van der Waals surface area contributed by atoms with Gasteiger partial charge in [0.25, 0.3) is 10.1 Å². The summed E-state index contributed by atoms with van der Waals surface area (Å²) >= 11 is 0. The van der Waals surface area contributed by atoms with Gasteiger partial charge in [0.05, 0.1) is 12.2 Å². The first-order valence-corrected chi connectivity index (χ1v) is 14.5. The van der Waals surface area contributed by atoms with Crippen LogP contribution in [0.3, 0.4) is 0 Å². The molecule has 1 amide bonds. The Kier molecular flexibility index (Phi) is 6.98. The summed E-state index contributed by atoms with van der Waals surface area (Å²) < 4.78 is 30.5. The SMILES string of the molecule is CC(CCC(=O)NCS(=O)(=O)O)[C@H]1CCC2C3C(CC[C@@]21C)[C@@]1(C)CC[C@@H](O)CC1C[C@H]3O. The number of nitrogens with one attached hydrogen (secondary N) is 1. The average molecular weight is 486 g/mol. The molecule has 0 aromatic rings. The highest BCUT2D eigenvalue weighted by Crippen LogP contribution is 2.68. The zero-order valence-electron chi connectivity index (χ0n) is 20.4. The first-order valence-electron chi connectivity index (χ1n) is 12.9. The van der Waals surface area contributed by atoms with Crippen LogP contribution >= 0.6 is 0 Å². The Morgan fingerprint density at radius 1 is 1.03 bits per heavy atom. The van der Waals surface area contributed by atoms with Gasteiger partial charge in [-0.2, -0.15) is 8.42 Å². The number of hydrogen-bond donors (Lipinski definition) is 4. The number of aliphatic hydroxyl groups is 2. The molecule has 0 saturated heterocycles. The molecule has 4 N–H and O–H groups in total. The van der Waals surface area contributed by atoms with E-state index >= 15 is 0 Å². The molecule has 0 spiro atoms. The van der Waals surface area contributed by atoms with Crippen LogP contribution in [0.4, 0.5) is 0 Å². The maximum Gasteiger partial charge on any atom is 0.283 e. The zero-order chi connectivity index (χ0) is 24.2. The molecule has 7 nitrogen and oxygen atoms in total. The van der Waals surface area contributed by atoms with Gasteiger partial charge in [0, 0.05) is 6.42 Å². The number of fused-ring (bicyclic) bond motifs is 5. The monoisotopic (exact) mass is 485 g/mol. The first kappa shape index (κ1) is 25.4. The molecule has 4 saturated carbocycles. The number of carbonyl (C=O) groups excluding carboxylic acids is 1. The summed E-state index contributed by atoms with van der Waals surface area (Å²) in [6.07, 6.45) is 8.57. The Morgan fingerprint density at radius 2 is 1.70 bits per heavy atom. The molecule has 190 valence electrons. The molecule has 10 atom stereocenters. The first-order chi connectivity index (χ1) is 15.3. The fraction of sp³-hybridized carbons (Fsp3) is 0.960. The Hall–Kier alpha value is -0.700. The molecule has 4 rings (SSSR count). The largest absolute Gasteiger partial charge is 0.393 e. The maximum atomic E-state index is 12.1. The molecule has 4 aliphatic rings. The summed E-state index contributed by atoms with van der Waals surface area (Å²) in [4.78, 5) is 12.1. The highest BCUT2D eigenvalue weighted by atomic mass is 32.2. The lowest BCUT2D eigenvalue weighted by Crippen LogP contribution is -2.58. The van der Waals surface area contributed by atoms with Crippen LogP contribution < -0.4 is 5.32 Å². The average Bonchev–Trinajstić information content (AvgIpc) is 3.08. The molecule has 0 radical (unpaired) electrons. The second kappa shape index (κ2) is 9.07. The summed E-state index contributed by atoms with van der Waals surface area (Å²) in [7, 11) is -4.20. The van der Waals surface area contributed by atoms with Crippen LogP contribution in [0.2, 0.25) is 0 Å². The van der Waals surface area contributed by atoms with Crippen LogP contribution in [0, 0.1) is 46.3 Å². The third-order valence-electron chi connectivity index (χ3n) is 10.7. The standard InChI is InChI=1S/C25H43NO6S/c1-15(4-7-22(29)26-14-33(30,31)32)18-5-6-19-23-20(9-11-25(18,19)3)24(2)10-8-17(27)12-16(24)13-21(23)28/h15-21,23,27-28H,4-14H2,1-3H3,(H,26,29)(H,30,31,32)/t15?,16?,17-,18-,19?,20?,21-,23?,24+,25-/m1/s1. The van der Waals surface area contributed by atoms with Crippen molar-refractivity contribution < 1.29 is 28.0 Å². The lowest BCUT2D eigenvalue weighted by atomic mass is 9.43. The molecule has 4 aliphatic carbocycles. The molecule has 8 heteroatoms. The van der Waals surface area contributed by atoms with E-state index in [-0.39, 0.29) is 35.4 Å². The Balaban J connectivity index is 1.43. The van der Waals surface area contributed by atoms with Crippen molar-refractivity contribution in [3.05, 3.63) is 0 Å². The van der Waals surface area contributed by atoms with E-state index in [1.165, 1.54) is 0 Å². The Labute approximate surface area is 198 Å². The van der Waals surface area contributed by atoms with E-state index in [4.69, 9.17) is 4.55 Å². The minimum atomic E-state index is -4.20. The van der Waals surface area contributed by atoms with E-state index in [0.717, 1.165) is 51.4 Å². The minimum Gasteiger partial charge on any atom is -0.393 e.